The first-order valence-corrected chi connectivity index (χ1v) is 6.51. The summed E-state index contributed by atoms with van der Waals surface area (Å²) < 4.78 is 10.8. The van der Waals surface area contributed by atoms with Crippen LogP contribution in [-0.4, -0.2) is 13.7 Å². The van der Waals surface area contributed by atoms with Crippen LogP contribution in [0.4, 0.5) is 0 Å². The summed E-state index contributed by atoms with van der Waals surface area (Å²) in [6.07, 6.45) is 4.54. The minimum absolute atomic E-state index is 0.418. The summed E-state index contributed by atoms with van der Waals surface area (Å²) in [6, 6.07) is 5.25. The molecule has 4 heteroatoms. The Morgan fingerprint density at radius 2 is 2.06 bits per heavy atom. The summed E-state index contributed by atoms with van der Waals surface area (Å²) in [4.78, 5) is 0. The molecule has 0 saturated carbocycles. The lowest BCUT2D eigenvalue weighted by Crippen LogP contribution is -2.00. The van der Waals surface area contributed by atoms with E-state index in [-0.39, 0.29) is 0 Å². The third-order valence-electron chi connectivity index (χ3n) is 2.60. The maximum absolute atomic E-state index is 8.84. The molecule has 0 aliphatic heterocycles. The molecule has 1 aromatic rings. The van der Waals surface area contributed by atoms with Crippen molar-refractivity contribution in [1.82, 2.24) is 0 Å². The standard InChI is InChI=1S/C14H18ClNO2/c1-3-4-5-6-7-18-14-12(15)8-11(10-16)9-13(14)17-2/h8-9H,3-7H2,1-2H3. The Labute approximate surface area is 113 Å². The van der Waals surface area contributed by atoms with Gasteiger partial charge < -0.3 is 9.47 Å². The highest BCUT2D eigenvalue weighted by molar-refractivity contribution is 6.32. The van der Waals surface area contributed by atoms with E-state index in [0.717, 1.165) is 12.8 Å². The summed E-state index contributed by atoms with van der Waals surface area (Å²) in [5.41, 5.74) is 0.468. The lowest BCUT2D eigenvalue weighted by molar-refractivity contribution is 0.285. The number of rotatable bonds is 7. The molecule has 0 amide bonds. The van der Waals surface area contributed by atoms with Gasteiger partial charge >= 0.3 is 0 Å². The normalized spacial score (nSPS) is 9.89. The van der Waals surface area contributed by atoms with Crippen molar-refractivity contribution in [3.8, 4) is 17.6 Å². The third-order valence-corrected chi connectivity index (χ3v) is 2.88. The van der Waals surface area contributed by atoms with E-state index < -0.39 is 0 Å². The van der Waals surface area contributed by atoms with Gasteiger partial charge in [-0.05, 0) is 12.5 Å². The van der Waals surface area contributed by atoms with Crippen molar-refractivity contribution < 1.29 is 9.47 Å². The molecule has 98 valence electrons. The minimum atomic E-state index is 0.418. The van der Waals surface area contributed by atoms with Crippen molar-refractivity contribution in [1.29, 1.82) is 5.26 Å². The molecule has 0 radical (unpaired) electrons. The van der Waals surface area contributed by atoms with Gasteiger partial charge in [-0.15, -0.1) is 0 Å². The Morgan fingerprint density at radius 1 is 1.28 bits per heavy atom. The first kappa shape index (κ1) is 14.7. The number of nitriles is 1. The molecular formula is C14H18ClNO2. The Hall–Kier alpha value is -1.40. The molecule has 1 aromatic carbocycles. The Morgan fingerprint density at radius 3 is 2.67 bits per heavy atom. The number of nitrogens with zero attached hydrogens (tertiary/aromatic N) is 1. The zero-order chi connectivity index (χ0) is 13.4. The number of methoxy groups -OCH3 is 1. The van der Waals surface area contributed by atoms with Crippen LogP contribution in [0.25, 0.3) is 0 Å². The first-order valence-electron chi connectivity index (χ1n) is 6.13. The fourth-order valence-corrected chi connectivity index (χ4v) is 1.89. The van der Waals surface area contributed by atoms with Crippen molar-refractivity contribution in [3.63, 3.8) is 0 Å². The number of unbranched alkanes of at least 4 members (excludes halogenated alkanes) is 3. The molecule has 0 aliphatic carbocycles. The van der Waals surface area contributed by atoms with Crippen molar-refractivity contribution >= 4 is 11.6 Å². The van der Waals surface area contributed by atoms with Crippen LogP contribution >= 0.6 is 11.6 Å². The fourth-order valence-electron chi connectivity index (χ4n) is 1.63. The van der Waals surface area contributed by atoms with Gasteiger partial charge in [0.2, 0.25) is 0 Å². The molecule has 0 fully saturated rings. The van der Waals surface area contributed by atoms with Gasteiger partial charge in [-0.1, -0.05) is 37.8 Å². The van der Waals surface area contributed by atoms with Gasteiger partial charge in [0.15, 0.2) is 11.5 Å². The molecule has 0 bridgehead atoms. The second-order valence-corrected chi connectivity index (χ2v) is 4.42. The fraction of sp³-hybridized carbons (Fsp3) is 0.500. The number of ether oxygens (including phenoxy) is 2. The highest BCUT2D eigenvalue weighted by Gasteiger charge is 2.11. The Kier molecular flexibility index (Phi) is 6.38. The SMILES string of the molecule is CCCCCCOc1c(Cl)cc(C#N)cc1OC. The summed E-state index contributed by atoms with van der Waals surface area (Å²) in [6.45, 7) is 2.78. The van der Waals surface area contributed by atoms with Crippen molar-refractivity contribution in [2.24, 2.45) is 0 Å². The second-order valence-electron chi connectivity index (χ2n) is 4.01. The minimum Gasteiger partial charge on any atom is -0.493 e. The summed E-state index contributed by atoms with van der Waals surface area (Å²) in [5.74, 6) is 1.03. The van der Waals surface area contributed by atoms with Gasteiger partial charge in [0.05, 0.1) is 30.4 Å². The smallest absolute Gasteiger partial charge is 0.179 e. The van der Waals surface area contributed by atoms with E-state index in [2.05, 4.69) is 6.92 Å². The van der Waals surface area contributed by atoms with Crippen molar-refractivity contribution in [3.05, 3.63) is 22.7 Å². The number of halogens is 1. The molecule has 0 aromatic heterocycles. The molecule has 1 rings (SSSR count). The number of hydrogen-bond acceptors (Lipinski definition) is 3. The molecule has 0 saturated heterocycles. The Bertz CT molecular complexity index is 427. The number of hydrogen-bond donors (Lipinski definition) is 0. The van der Waals surface area contributed by atoms with Gasteiger partial charge in [0, 0.05) is 6.07 Å². The summed E-state index contributed by atoms with van der Waals surface area (Å²) in [7, 11) is 1.54. The van der Waals surface area contributed by atoms with Crippen LogP contribution in [0.1, 0.15) is 38.2 Å². The maximum atomic E-state index is 8.84. The summed E-state index contributed by atoms with van der Waals surface area (Å²) in [5, 5.41) is 9.26. The maximum Gasteiger partial charge on any atom is 0.179 e. The van der Waals surface area contributed by atoms with E-state index in [1.807, 2.05) is 6.07 Å². The van der Waals surface area contributed by atoms with Gasteiger partial charge in [0.25, 0.3) is 0 Å². The topological polar surface area (TPSA) is 42.2 Å². The van der Waals surface area contributed by atoms with E-state index in [1.54, 1.807) is 12.1 Å². The zero-order valence-electron chi connectivity index (χ0n) is 10.8. The predicted octanol–water partition coefficient (Wildman–Crippen LogP) is 4.18. The van der Waals surface area contributed by atoms with Gasteiger partial charge in [-0.2, -0.15) is 5.26 Å². The predicted molar refractivity (Wildman–Crippen MR) is 72.4 cm³/mol. The third kappa shape index (κ3) is 4.12. The lowest BCUT2D eigenvalue weighted by atomic mass is 10.2. The van der Waals surface area contributed by atoms with Crippen LogP contribution in [0.3, 0.4) is 0 Å². The molecule has 0 heterocycles. The second kappa shape index (κ2) is 7.84. The lowest BCUT2D eigenvalue weighted by Gasteiger charge is -2.12. The van der Waals surface area contributed by atoms with Gasteiger partial charge in [0.1, 0.15) is 0 Å². The van der Waals surface area contributed by atoms with Crippen molar-refractivity contribution in [2.45, 2.75) is 32.6 Å². The molecule has 0 spiro atoms. The largest absolute Gasteiger partial charge is 0.493 e. The Balaban J connectivity index is 2.67. The van der Waals surface area contributed by atoms with E-state index in [9.17, 15) is 0 Å². The van der Waals surface area contributed by atoms with E-state index >= 15 is 0 Å². The van der Waals surface area contributed by atoms with Gasteiger partial charge in [-0.3, -0.25) is 0 Å². The first-order chi connectivity index (χ1) is 8.72. The number of benzene rings is 1. The van der Waals surface area contributed by atoms with E-state index in [1.165, 1.54) is 20.0 Å². The quantitative estimate of drug-likeness (QED) is 0.696. The van der Waals surface area contributed by atoms with Crippen LogP contribution in [0, 0.1) is 11.3 Å². The molecule has 0 atom stereocenters. The molecule has 0 aliphatic rings. The van der Waals surface area contributed by atoms with Crippen LogP contribution in [0.2, 0.25) is 5.02 Å². The van der Waals surface area contributed by atoms with Crippen LogP contribution in [-0.2, 0) is 0 Å². The van der Waals surface area contributed by atoms with Crippen LogP contribution in [0.5, 0.6) is 11.5 Å². The average molecular weight is 268 g/mol. The molecule has 0 N–H and O–H groups in total. The molecule has 0 unspecified atom stereocenters. The molecule has 18 heavy (non-hydrogen) atoms. The monoisotopic (exact) mass is 267 g/mol. The average Bonchev–Trinajstić information content (AvgIpc) is 2.39. The van der Waals surface area contributed by atoms with Crippen LogP contribution < -0.4 is 9.47 Å². The highest BCUT2D eigenvalue weighted by Crippen LogP contribution is 2.36. The highest BCUT2D eigenvalue weighted by atomic mass is 35.5. The van der Waals surface area contributed by atoms with E-state index in [4.69, 9.17) is 26.3 Å². The summed E-state index contributed by atoms with van der Waals surface area (Å²) >= 11 is 6.08. The van der Waals surface area contributed by atoms with Crippen molar-refractivity contribution in [2.75, 3.05) is 13.7 Å². The van der Waals surface area contributed by atoms with Gasteiger partial charge in [-0.25, -0.2) is 0 Å². The molecule has 3 nitrogen and oxygen atoms in total. The zero-order valence-corrected chi connectivity index (χ0v) is 11.6. The molecular weight excluding hydrogens is 250 g/mol. The van der Waals surface area contributed by atoms with Crippen LogP contribution in [0.15, 0.2) is 12.1 Å². The van der Waals surface area contributed by atoms with E-state index in [0.29, 0.717) is 28.7 Å².